The van der Waals surface area contributed by atoms with Crippen molar-refractivity contribution in [2.75, 3.05) is 6.54 Å². The largest absolute Gasteiger partial charge is 0.416 e. The minimum absolute atomic E-state index is 0.0191. The molecule has 2 fully saturated rings. The number of aromatic nitrogens is 4. The Kier molecular flexibility index (Phi) is 6.54. The summed E-state index contributed by atoms with van der Waals surface area (Å²) in [5.41, 5.74) is 0.0597. The molecule has 168 valence electrons. The smallest absolute Gasteiger partial charge is 0.352 e. The number of carbonyl (C=O) groups is 1. The van der Waals surface area contributed by atoms with E-state index in [1.165, 1.54) is 31.3 Å². The van der Waals surface area contributed by atoms with Crippen molar-refractivity contribution in [1.29, 1.82) is 0 Å². The molecule has 0 bridgehead atoms. The van der Waals surface area contributed by atoms with Crippen LogP contribution in [0.1, 0.15) is 62.1 Å². The third-order valence-corrected chi connectivity index (χ3v) is 6.29. The van der Waals surface area contributed by atoms with Gasteiger partial charge < -0.3 is 5.32 Å². The van der Waals surface area contributed by atoms with Crippen LogP contribution in [0.5, 0.6) is 0 Å². The summed E-state index contributed by atoms with van der Waals surface area (Å²) in [5, 5.41) is 14.6. The van der Waals surface area contributed by atoms with Crippen LogP contribution in [0.3, 0.4) is 0 Å². The number of hydrogen-bond acceptors (Lipinski definition) is 5. The molecule has 1 saturated carbocycles. The average Bonchev–Trinajstić information content (AvgIpc) is 3.33. The summed E-state index contributed by atoms with van der Waals surface area (Å²) in [5.74, 6) is -0.0191. The van der Waals surface area contributed by atoms with Crippen molar-refractivity contribution >= 4 is 5.91 Å². The molecule has 1 aromatic heterocycles. The van der Waals surface area contributed by atoms with Crippen LogP contribution in [0.25, 0.3) is 0 Å². The van der Waals surface area contributed by atoms with E-state index < -0.39 is 11.7 Å². The Labute approximate surface area is 179 Å². The van der Waals surface area contributed by atoms with E-state index in [0.29, 0.717) is 19.5 Å². The van der Waals surface area contributed by atoms with Crippen molar-refractivity contribution in [2.45, 2.75) is 75.8 Å². The van der Waals surface area contributed by atoms with Crippen molar-refractivity contribution in [1.82, 2.24) is 30.4 Å². The number of tetrazole rings is 1. The molecule has 10 heteroatoms. The quantitative estimate of drug-likeness (QED) is 0.728. The highest BCUT2D eigenvalue weighted by molar-refractivity contribution is 5.82. The summed E-state index contributed by atoms with van der Waals surface area (Å²) in [6.07, 6.45) is 4.38. The molecule has 2 atom stereocenters. The zero-order valence-corrected chi connectivity index (χ0v) is 17.3. The molecule has 1 saturated heterocycles. The van der Waals surface area contributed by atoms with Gasteiger partial charge in [0.2, 0.25) is 5.91 Å². The van der Waals surface area contributed by atoms with Crippen LogP contribution >= 0.6 is 0 Å². The van der Waals surface area contributed by atoms with E-state index in [1.54, 1.807) is 4.68 Å². The van der Waals surface area contributed by atoms with Crippen LogP contribution in [0.4, 0.5) is 13.2 Å². The molecular formula is C21H27F3N6O. The van der Waals surface area contributed by atoms with Crippen LogP contribution in [-0.4, -0.2) is 49.6 Å². The van der Waals surface area contributed by atoms with Crippen LogP contribution in [-0.2, 0) is 17.5 Å². The topological polar surface area (TPSA) is 75.9 Å². The van der Waals surface area contributed by atoms with Crippen molar-refractivity contribution in [3.63, 3.8) is 0 Å². The number of alkyl halides is 3. The van der Waals surface area contributed by atoms with Crippen LogP contribution in [0.15, 0.2) is 30.6 Å². The fraction of sp³-hybridized carbons (Fsp3) is 0.619. The molecule has 4 rings (SSSR count). The summed E-state index contributed by atoms with van der Waals surface area (Å²) >= 11 is 0. The summed E-state index contributed by atoms with van der Waals surface area (Å²) in [4.78, 5) is 15.2. The Morgan fingerprint density at radius 2 is 1.81 bits per heavy atom. The number of likely N-dealkylation sites (tertiary alicyclic amines) is 1. The van der Waals surface area contributed by atoms with Gasteiger partial charge in [-0.05, 0) is 47.4 Å². The number of nitrogens with one attached hydrogen (secondary N) is 1. The number of rotatable bonds is 5. The zero-order chi connectivity index (χ0) is 21.8. The average molecular weight is 436 g/mol. The van der Waals surface area contributed by atoms with Crippen molar-refractivity contribution in [3.8, 4) is 0 Å². The highest BCUT2D eigenvalue weighted by atomic mass is 19.4. The van der Waals surface area contributed by atoms with E-state index >= 15 is 0 Å². The first-order chi connectivity index (χ1) is 14.9. The molecule has 1 aromatic carbocycles. The first kappa shape index (κ1) is 21.7. The Morgan fingerprint density at radius 3 is 2.42 bits per heavy atom. The normalized spacial score (nSPS) is 23.6. The number of hydrogen-bond donors (Lipinski definition) is 1. The molecule has 0 unspecified atom stereocenters. The lowest BCUT2D eigenvalue weighted by Crippen LogP contribution is -2.46. The van der Waals surface area contributed by atoms with Crippen LogP contribution in [0.2, 0.25) is 0 Å². The Hall–Kier alpha value is -2.49. The lowest BCUT2D eigenvalue weighted by molar-refractivity contribution is -0.137. The summed E-state index contributed by atoms with van der Waals surface area (Å²) in [7, 11) is 0. The first-order valence-corrected chi connectivity index (χ1v) is 10.8. The molecule has 7 nitrogen and oxygen atoms in total. The number of carbonyl (C=O) groups excluding carboxylic acids is 1. The van der Waals surface area contributed by atoms with Gasteiger partial charge in [-0.1, -0.05) is 37.8 Å². The van der Waals surface area contributed by atoms with E-state index in [9.17, 15) is 18.0 Å². The van der Waals surface area contributed by atoms with Gasteiger partial charge in [0.25, 0.3) is 0 Å². The minimum atomic E-state index is -4.36. The van der Waals surface area contributed by atoms with Crippen LogP contribution in [0, 0.1) is 0 Å². The fourth-order valence-corrected chi connectivity index (χ4v) is 4.61. The van der Waals surface area contributed by atoms with E-state index in [4.69, 9.17) is 0 Å². The van der Waals surface area contributed by atoms with Gasteiger partial charge in [0, 0.05) is 19.1 Å². The second-order valence-corrected chi connectivity index (χ2v) is 8.52. The molecule has 0 radical (unpaired) electrons. The molecule has 0 spiro atoms. The van der Waals surface area contributed by atoms with Crippen molar-refractivity contribution in [2.24, 2.45) is 0 Å². The second kappa shape index (κ2) is 9.33. The minimum Gasteiger partial charge on any atom is -0.352 e. The zero-order valence-electron chi connectivity index (χ0n) is 17.3. The molecule has 2 heterocycles. The van der Waals surface area contributed by atoms with Crippen molar-refractivity contribution < 1.29 is 18.0 Å². The fourth-order valence-electron chi connectivity index (χ4n) is 4.61. The van der Waals surface area contributed by atoms with Crippen molar-refractivity contribution in [3.05, 3.63) is 41.7 Å². The molecule has 1 N–H and O–H groups in total. The second-order valence-electron chi connectivity index (χ2n) is 8.52. The van der Waals surface area contributed by atoms with E-state index in [2.05, 4.69) is 20.8 Å². The Morgan fingerprint density at radius 1 is 1.10 bits per heavy atom. The standard InChI is InChI=1S/C21H27F3N6O/c22-21(23,24)16-9-7-15(8-10-16)12-29-13-18(30-14-25-27-28-30)11-19(29)20(31)26-17-5-3-1-2-4-6-17/h7-10,14,17-19H,1-6,11-13H2,(H,26,31)/t18-,19+/m1/s1. The van der Waals surface area contributed by atoms with E-state index in [0.717, 1.165) is 43.4 Å². The molecule has 1 amide bonds. The predicted octanol–water partition coefficient (Wildman–Crippen LogP) is 3.35. The maximum absolute atomic E-state index is 13.2. The number of benzene rings is 1. The Bertz CT molecular complexity index is 847. The van der Waals surface area contributed by atoms with Gasteiger partial charge >= 0.3 is 6.18 Å². The first-order valence-electron chi connectivity index (χ1n) is 10.8. The lowest BCUT2D eigenvalue weighted by Gasteiger charge is -2.26. The molecule has 2 aromatic rings. The lowest BCUT2D eigenvalue weighted by atomic mass is 10.1. The van der Waals surface area contributed by atoms with Gasteiger partial charge in [-0.25, -0.2) is 4.68 Å². The number of nitrogens with zero attached hydrogens (tertiary/aromatic N) is 5. The third-order valence-electron chi connectivity index (χ3n) is 6.29. The third kappa shape index (κ3) is 5.41. The van der Waals surface area contributed by atoms with Gasteiger partial charge in [-0.2, -0.15) is 13.2 Å². The molecular weight excluding hydrogens is 409 g/mol. The van der Waals surface area contributed by atoms with Crippen LogP contribution < -0.4 is 5.32 Å². The number of halogens is 3. The maximum atomic E-state index is 13.2. The highest BCUT2D eigenvalue weighted by Crippen LogP contribution is 2.31. The van der Waals surface area contributed by atoms with Gasteiger partial charge in [-0.3, -0.25) is 9.69 Å². The number of amides is 1. The maximum Gasteiger partial charge on any atom is 0.416 e. The molecule has 1 aliphatic heterocycles. The summed E-state index contributed by atoms with van der Waals surface area (Å²) in [6.45, 7) is 0.939. The molecule has 1 aliphatic carbocycles. The van der Waals surface area contributed by atoms with Gasteiger partial charge in [0.05, 0.1) is 17.6 Å². The summed E-state index contributed by atoms with van der Waals surface area (Å²) in [6, 6.07) is 4.89. The monoisotopic (exact) mass is 436 g/mol. The van der Waals surface area contributed by atoms with Gasteiger partial charge in [0.1, 0.15) is 6.33 Å². The molecule has 31 heavy (non-hydrogen) atoms. The van der Waals surface area contributed by atoms with E-state index in [-0.39, 0.29) is 24.0 Å². The summed E-state index contributed by atoms with van der Waals surface area (Å²) < 4.78 is 40.3. The Balaban J connectivity index is 1.47. The van der Waals surface area contributed by atoms with E-state index in [1.807, 2.05) is 4.90 Å². The SMILES string of the molecule is O=C(NC1CCCCCC1)[C@@H]1C[C@@H](n2cnnn2)CN1Cc1ccc(C(F)(F)F)cc1. The van der Waals surface area contributed by atoms with Gasteiger partial charge in [-0.15, -0.1) is 5.10 Å². The highest BCUT2D eigenvalue weighted by Gasteiger charge is 2.39. The predicted molar refractivity (Wildman–Crippen MR) is 107 cm³/mol. The molecule has 2 aliphatic rings. The van der Waals surface area contributed by atoms with Gasteiger partial charge in [0.15, 0.2) is 0 Å².